The van der Waals surface area contributed by atoms with Crippen molar-refractivity contribution in [3.63, 3.8) is 0 Å². The number of esters is 1. The Hall–Kier alpha value is -3.84. The molecule has 0 fully saturated rings. The topological polar surface area (TPSA) is 87.2 Å². The highest BCUT2D eigenvalue weighted by Crippen LogP contribution is 2.52. The molecule has 8 nitrogen and oxygen atoms in total. The molecule has 0 bridgehead atoms. The van der Waals surface area contributed by atoms with E-state index in [4.69, 9.17) is 13.6 Å². The summed E-state index contributed by atoms with van der Waals surface area (Å²) in [5, 5.41) is 0. The van der Waals surface area contributed by atoms with Crippen LogP contribution in [0.2, 0.25) is 0 Å². The third-order valence-electron chi connectivity index (χ3n) is 5.07. The van der Waals surface area contributed by atoms with E-state index >= 15 is 0 Å². The highest BCUT2D eigenvalue weighted by molar-refractivity contribution is 7.49. The number of phosphoric acid groups is 1. The van der Waals surface area contributed by atoms with E-state index in [-0.39, 0.29) is 17.3 Å². The maximum Gasteiger partial charge on any atom is 0.648 e. The lowest BCUT2D eigenvalue weighted by Gasteiger charge is -2.27. The van der Waals surface area contributed by atoms with Crippen LogP contribution in [0.3, 0.4) is 0 Å². The second kappa shape index (κ2) is 11.1. The summed E-state index contributed by atoms with van der Waals surface area (Å²) >= 11 is 0. The number of carbonyl (C=O) groups excluding carboxylic acids is 1. The fourth-order valence-corrected chi connectivity index (χ4v) is 4.67. The molecule has 2 heterocycles. The quantitative estimate of drug-likeness (QED) is 0.271. The molecule has 0 N–H and O–H groups in total. The number of pyridine rings is 1. The third-order valence-corrected chi connectivity index (χ3v) is 6.35. The second-order valence-electron chi connectivity index (χ2n) is 7.55. The fraction of sp³-hybridized carbons (Fsp3) is 0.200. The molecular weight excluding hydrogens is 474 g/mol. The SMILES string of the molecule is COC(=O)c1cnc(N2CCCCC=C2OP(=O)(Oc2ccccc2)Oc2ccccc2)cc1F. The standard InChI is InChI=1S/C25H24FN2O6P/c1-31-25(29)21-18-27-23(17-22(21)26)28-16-10-4-9-15-24(28)34-35(30,32-19-11-5-2-6-12-19)33-20-13-7-3-8-14-20/h2-3,5-8,11-15,17-18H,4,9-10,16H2,1H3. The molecule has 3 aromatic rings. The molecule has 10 heteroatoms. The molecule has 0 saturated carbocycles. The number of nitrogens with zero attached hydrogens (tertiary/aromatic N) is 2. The lowest BCUT2D eigenvalue weighted by molar-refractivity contribution is 0.0595. The van der Waals surface area contributed by atoms with E-state index in [0.29, 0.717) is 24.5 Å². The first-order valence-electron chi connectivity index (χ1n) is 11.0. The second-order valence-corrected chi connectivity index (χ2v) is 8.99. The average Bonchev–Trinajstić information content (AvgIpc) is 3.09. The van der Waals surface area contributed by atoms with Gasteiger partial charge in [-0.3, -0.25) is 4.90 Å². The molecule has 35 heavy (non-hydrogen) atoms. The van der Waals surface area contributed by atoms with E-state index in [1.807, 2.05) is 0 Å². The van der Waals surface area contributed by atoms with Crippen LogP contribution in [0.4, 0.5) is 10.2 Å². The van der Waals surface area contributed by atoms with Gasteiger partial charge in [0.05, 0.1) is 7.11 Å². The van der Waals surface area contributed by atoms with Crippen molar-refractivity contribution in [1.29, 1.82) is 0 Å². The van der Waals surface area contributed by atoms with Crippen LogP contribution < -0.4 is 13.9 Å². The van der Waals surface area contributed by atoms with Gasteiger partial charge in [-0.15, -0.1) is 0 Å². The molecular formula is C25H24FN2O6P. The Balaban J connectivity index is 1.66. The summed E-state index contributed by atoms with van der Waals surface area (Å²) in [7, 11) is -3.09. The van der Waals surface area contributed by atoms with Crippen LogP contribution in [-0.2, 0) is 13.8 Å². The summed E-state index contributed by atoms with van der Waals surface area (Å²) in [5.74, 6) is -0.723. The fourth-order valence-electron chi connectivity index (χ4n) is 3.39. The number of halogens is 1. The molecule has 0 radical (unpaired) electrons. The number of rotatable bonds is 8. The van der Waals surface area contributed by atoms with Crippen LogP contribution in [0.25, 0.3) is 0 Å². The lowest BCUT2D eigenvalue weighted by Crippen LogP contribution is -2.26. The number of hydrogen-bond acceptors (Lipinski definition) is 8. The van der Waals surface area contributed by atoms with Gasteiger partial charge in [0.2, 0.25) is 5.88 Å². The average molecular weight is 498 g/mol. The first kappa shape index (κ1) is 24.3. The van der Waals surface area contributed by atoms with E-state index in [1.54, 1.807) is 71.6 Å². The number of allylic oxidation sites excluding steroid dienone is 1. The van der Waals surface area contributed by atoms with E-state index in [0.717, 1.165) is 32.2 Å². The van der Waals surface area contributed by atoms with E-state index in [2.05, 4.69) is 9.72 Å². The first-order chi connectivity index (χ1) is 17.0. The molecule has 0 saturated heterocycles. The van der Waals surface area contributed by atoms with Crippen molar-refractivity contribution in [2.24, 2.45) is 0 Å². The van der Waals surface area contributed by atoms with E-state index in [9.17, 15) is 13.8 Å². The molecule has 4 rings (SSSR count). The minimum atomic E-state index is -4.26. The van der Waals surface area contributed by atoms with Crippen LogP contribution in [0, 0.1) is 5.82 Å². The van der Waals surface area contributed by atoms with Crippen LogP contribution in [0.15, 0.2) is 84.9 Å². The van der Waals surface area contributed by atoms with Gasteiger partial charge < -0.3 is 18.3 Å². The largest absolute Gasteiger partial charge is 0.648 e. The summed E-state index contributed by atoms with van der Waals surface area (Å²) in [6, 6.07) is 18.1. The first-order valence-corrected chi connectivity index (χ1v) is 12.4. The highest BCUT2D eigenvalue weighted by atomic mass is 31.2. The highest BCUT2D eigenvalue weighted by Gasteiger charge is 2.36. The minimum Gasteiger partial charge on any atom is -0.465 e. The summed E-state index contributed by atoms with van der Waals surface area (Å²) in [5.41, 5.74) is -0.289. The Morgan fingerprint density at radius 3 is 2.17 bits per heavy atom. The Labute approximate surface area is 202 Å². The molecule has 0 atom stereocenters. The predicted molar refractivity (Wildman–Crippen MR) is 128 cm³/mol. The van der Waals surface area contributed by atoms with Crippen molar-refractivity contribution in [3.05, 3.63) is 96.3 Å². The van der Waals surface area contributed by atoms with Gasteiger partial charge in [-0.2, -0.15) is 4.57 Å². The third kappa shape index (κ3) is 6.19. The summed E-state index contributed by atoms with van der Waals surface area (Å²) in [6.45, 7) is 0.409. The van der Waals surface area contributed by atoms with Gasteiger partial charge in [-0.05, 0) is 49.6 Å². The summed E-state index contributed by atoms with van der Waals surface area (Å²) in [4.78, 5) is 17.5. The number of aromatic nitrogens is 1. The number of benzene rings is 2. The van der Waals surface area contributed by atoms with E-state index < -0.39 is 19.6 Å². The van der Waals surface area contributed by atoms with Gasteiger partial charge in [-0.1, -0.05) is 36.4 Å². The molecule has 0 amide bonds. The van der Waals surface area contributed by atoms with Crippen LogP contribution in [-0.4, -0.2) is 24.6 Å². The summed E-state index contributed by atoms with van der Waals surface area (Å²) < 4.78 is 50.4. The number of ether oxygens (including phenoxy) is 1. The Bertz CT molecular complexity index is 1190. The molecule has 2 aromatic carbocycles. The zero-order valence-corrected chi connectivity index (χ0v) is 19.9. The van der Waals surface area contributed by atoms with Gasteiger partial charge in [0.15, 0.2) is 0 Å². The molecule has 1 aliphatic rings. The number of methoxy groups -OCH3 is 1. The van der Waals surface area contributed by atoms with Gasteiger partial charge >= 0.3 is 13.8 Å². The zero-order chi connectivity index (χ0) is 24.7. The van der Waals surface area contributed by atoms with Gasteiger partial charge in [0, 0.05) is 18.8 Å². The van der Waals surface area contributed by atoms with Crippen molar-refractivity contribution in [2.45, 2.75) is 19.3 Å². The van der Waals surface area contributed by atoms with Crippen molar-refractivity contribution in [1.82, 2.24) is 4.98 Å². The normalized spacial score (nSPS) is 13.9. The van der Waals surface area contributed by atoms with Crippen LogP contribution >= 0.6 is 7.82 Å². The maximum atomic E-state index is 14.7. The Morgan fingerprint density at radius 2 is 1.60 bits per heavy atom. The van der Waals surface area contributed by atoms with Gasteiger partial charge in [-0.25, -0.2) is 14.2 Å². The summed E-state index contributed by atoms with van der Waals surface area (Å²) in [6.07, 6.45) is 5.03. The zero-order valence-electron chi connectivity index (χ0n) is 19.0. The smallest absolute Gasteiger partial charge is 0.465 e. The van der Waals surface area contributed by atoms with E-state index in [1.165, 1.54) is 0 Å². The Kier molecular flexibility index (Phi) is 7.67. The van der Waals surface area contributed by atoms with Crippen molar-refractivity contribution < 1.29 is 32.1 Å². The van der Waals surface area contributed by atoms with Crippen molar-refractivity contribution in [3.8, 4) is 11.5 Å². The molecule has 1 aliphatic heterocycles. The molecule has 0 unspecified atom stereocenters. The van der Waals surface area contributed by atoms with Crippen LogP contribution in [0.1, 0.15) is 29.6 Å². The number of anilines is 1. The minimum absolute atomic E-state index is 0.149. The van der Waals surface area contributed by atoms with Crippen LogP contribution in [0.5, 0.6) is 11.5 Å². The molecule has 1 aromatic heterocycles. The van der Waals surface area contributed by atoms with Gasteiger partial charge in [0.1, 0.15) is 28.7 Å². The monoisotopic (exact) mass is 498 g/mol. The van der Waals surface area contributed by atoms with Crippen molar-refractivity contribution >= 4 is 19.6 Å². The van der Waals surface area contributed by atoms with Gasteiger partial charge in [0.25, 0.3) is 0 Å². The molecule has 0 spiro atoms. The Morgan fingerprint density at radius 1 is 0.971 bits per heavy atom. The molecule has 182 valence electrons. The number of phosphoric ester groups is 1. The predicted octanol–water partition coefficient (Wildman–Crippen LogP) is 6.12. The molecule has 0 aliphatic carbocycles. The number of para-hydroxylation sites is 2. The lowest BCUT2D eigenvalue weighted by atomic mass is 10.2. The number of hydrogen-bond donors (Lipinski definition) is 0. The maximum absolute atomic E-state index is 14.7. The van der Waals surface area contributed by atoms with Crippen molar-refractivity contribution in [2.75, 3.05) is 18.6 Å². The number of carbonyl (C=O) groups is 1.